The van der Waals surface area contributed by atoms with Crippen LogP contribution in [0.3, 0.4) is 0 Å². The first-order valence-corrected chi connectivity index (χ1v) is 10.1. The van der Waals surface area contributed by atoms with Gasteiger partial charge in [0.05, 0.1) is 23.4 Å². The van der Waals surface area contributed by atoms with Crippen molar-refractivity contribution >= 4 is 27.5 Å². The number of aromatic nitrogens is 5. The van der Waals surface area contributed by atoms with Crippen LogP contribution in [-0.2, 0) is 11.3 Å². The predicted molar refractivity (Wildman–Crippen MR) is 111 cm³/mol. The summed E-state index contributed by atoms with van der Waals surface area (Å²) >= 11 is 1.43. The van der Waals surface area contributed by atoms with Crippen LogP contribution in [0, 0.1) is 0 Å². The quantitative estimate of drug-likeness (QED) is 0.490. The van der Waals surface area contributed by atoms with Gasteiger partial charge in [-0.2, -0.15) is 5.10 Å². The molecule has 1 atom stereocenters. The SMILES string of the molecule is C[C@@H](c1ccc(-n2cncn2)cc1)N(C)C(=O)CCn1cnc2sccc2c1=O. The van der Waals surface area contributed by atoms with Gasteiger partial charge in [0.15, 0.2) is 0 Å². The lowest BCUT2D eigenvalue weighted by Gasteiger charge is -2.25. The molecule has 1 amide bonds. The summed E-state index contributed by atoms with van der Waals surface area (Å²) in [6, 6.07) is 9.52. The second kappa shape index (κ2) is 7.96. The molecule has 29 heavy (non-hydrogen) atoms. The molecule has 1 aromatic carbocycles. The normalized spacial score (nSPS) is 12.2. The van der Waals surface area contributed by atoms with E-state index in [-0.39, 0.29) is 23.9 Å². The van der Waals surface area contributed by atoms with Crippen molar-refractivity contribution in [3.63, 3.8) is 0 Å². The molecule has 9 heteroatoms. The van der Waals surface area contributed by atoms with Crippen molar-refractivity contribution in [1.29, 1.82) is 0 Å². The van der Waals surface area contributed by atoms with Gasteiger partial charge < -0.3 is 4.90 Å². The Hall–Kier alpha value is -3.33. The summed E-state index contributed by atoms with van der Waals surface area (Å²) in [7, 11) is 1.78. The Labute approximate surface area is 171 Å². The zero-order chi connectivity index (χ0) is 20.4. The maximum Gasteiger partial charge on any atom is 0.262 e. The van der Waals surface area contributed by atoms with E-state index >= 15 is 0 Å². The number of hydrogen-bond donors (Lipinski definition) is 0. The largest absolute Gasteiger partial charge is 0.339 e. The Kier molecular flexibility index (Phi) is 5.22. The Morgan fingerprint density at radius 3 is 2.72 bits per heavy atom. The molecule has 148 valence electrons. The summed E-state index contributed by atoms with van der Waals surface area (Å²) in [6.07, 6.45) is 4.87. The molecule has 0 unspecified atom stereocenters. The highest BCUT2D eigenvalue weighted by molar-refractivity contribution is 7.16. The first kappa shape index (κ1) is 19.0. The van der Waals surface area contributed by atoms with Gasteiger partial charge in [0.1, 0.15) is 17.5 Å². The smallest absolute Gasteiger partial charge is 0.262 e. The van der Waals surface area contributed by atoms with Crippen LogP contribution in [-0.4, -0.2) is 42.2 Å². The maximum absolute atomic E-state index is 12.7. The average Bonchev–Trinajstić information content (AvgIpc) is 3.44. The van der Waals surface area contributed by atoms with Gasteiger partial charge in [-0.1, -0.05) is 12.1 Å². The van der Waals surface area contributed by atoms with E-state index in [1.54, 1.807) is 29.0 Å². The molecule has 3 aromatic heterocycles. The Bertz CT molecular complexity index is 1180. The number of nitrogens with zero attached hydrogens (tertiary/aromatic N) is 6. The van der Waals surface area contributed by atoms with Crippen LogP contribution in [0.15, 0.2) is 59.5 Å². The van der Waals surface area contributed by atoms with Crippen molar-refractivity contribution in [2.75, 3.05) is 7.05 Å². The van der Waals surface area contributed by atoms with Gasteiger partial charge in [0.2, 0.25) is 5.91 Å². The molecule has 0 spiro atoms. The van der Waals surface area contributed by atoms with Gasteiger partial charge in [0.25, 0.3) is 5.56 Å². The average molecular weight is 408 g/mol. The molecule has 0 fully saturated rings. The molecule has 4 aromatic rings. The minimum Gasteiger partial charge on any atom is -0.339 e. The highest BCUT2D eigenvalue weighted by Crippen LogP contribution is 2.21. The van der Waals surface area contributed by atoms with Crippen molar-refractivity contribution in [2.24, 2.45) is 0 Å². The van der Waals surface area contributed by atoms with E-state index in [9.17, 15) is 9.59 Å². The molecule has 4 rings (SSSR count). The van der Waals surface area contributed by atoms with E-state index in [1.807, 2.05) is 36.6 Å². The van der Waals surface area contributed by atoms with Crippen LogP contribution >= 0.6 is 11.3 Å². The van der Waals surface area contributed by atoms with Crippen molar-refractivity contribution < 1.29 is 4.79 Å². The summed E-state index contributed by atoms with van der Waals surface area (Å²) in [5.74, 6) is -0.0323. The third-order valence-electron chi connectivity index (χ3n) is 5.05. The molecule has 0 aliphatic heterocycles. The Balaban J connectivity index is 1.41. The standard InChI is InChI=1S/C20H20N6O2S/c1-14(15-3-5-16(6-4-15)26-12-21-11-23-26)24(2)18(27)7-9-25-13-22-19-17(20(25)28)8-10-29-19/h3-6,8,10-14H,7,9H2,1-2H3/t14-/m0/s1. The summed E-state index contributed by atoms with van der Waals surface area (Å²) in [5, 5.41) is 6.55. The van der Waals surface area contributed by atoms with Gasteiger partial charge in [-0.3, -0.25) is 14.2 Å². The fourth-order valence-electron chi connectivity index (χ4n) is 3.13. The van der Waals surface area contributed by atoms with Crippen molar-refractivity contribution in [3.8, 4) is 5.69 Å². The van der Waals surface area contributed by atoms with Crippen LogP contribution in [0.5, 0.6) is 0 Å². The lowest BCUT2D eigenvalue weighted by atomic mass is 10.1. The molecule has 0 bridgehead atoms. The molecule has 0 N–H and O–H groups in total. The van der Waals surface area contributed by atoms with E-state index in [0.717, 1.165) is 16.1 Å². The van der Waals surface area contributed by atoms with Gasteiger partial charge in [-0.25, -0.2) is 14.6 Å². The van der Waals surface area contributed by atoms with Gasteiger partial charge in [-0.05, 0) is 36.1 Å². The second-order valence-electron chi connectivity index (χ2n) is 6.74. The molecule has 0 aliphatic carbocycles. The van der Waals surface area contributed by atoms with Crippen molar-refractivity contribution in [3.05, 3.63) is 70.6 Å². The third kappa shape index (κ3) is 3.81. The Morgan fingerprint density at radius 2 is 2.00 bits per heavy atom. The first-order chi connectivity index (χ1) is 14.0. The summed E-state index contributed by atoms with van der Waals surface area (Å²) in [4.78, 5) is 35.8. The van der Waals surface area contributed by atoms with Crippen LogP contribution < -0.4 is 5.56 Å². The van der Waals surface area contributed by atoms with Crippen LogP contribution in [0.1, 0.15) is 24.9 Å². The summed E-state index contributed by atoms with van der Waals surface area (Å²) in [6.45, 7) is 2.28. The lowest BCUT2D eigenvalue weighted by molar-refractivity contribution is -0.132. The van der Waals surface area contributed by atoms with Gasteiger partial charge in [-0.15, -0.1) is 11.3 Å². The van der Waals surface area contributed by atoms with E-state index in [1.165, 1.54) is 28.6 Å². The van der Waals surface area contributed by atoms with E-state index in [2.05, 4.69) is 15.1 Å². The number of carbonyl (C=O) groups excluding carboxylic acids is 1. The van der Waals surface area contributed by atoms with Gasteiger partial charge >= 0.3 is 0 Å². The lowest BCUT2D eigenvalue weighted by Crippen LogP contribution is -2.31. The topological polar surface area (TPSA) is 85.9 Å². The highest BCUT2D eigenvalue weighted by Gasteiger charge is 2.18. The minimum atomic E-state index is -0.108. The fraction of sp³-hybridized carbons (Fsp3) is 0.250. The van der Waals surface area contributed by atoms with Crippen LogP contribution in [0.2, 0.25) is 0 Å². The monoisotopic (exact) mass is 408 g/mol. The number of carbonyl (C=O) groups is 1. The predicted octanol–water partition coefficient (Wildman–Crippen LogP) is 2.65. The van der Waals surface area contributed by atoms with E-state index in [0.29, 0.717) is 11.9 Å². The van der Waals surface area contributed by atoms with Gasteiger partial charge in [0, 0.05) is 20.0 Å². The number of thiophene rings is 1. The van der Waals surface area contributed by atoms with Crippen molar-refractivity contribution in [2.45, 2.75) is 25.9 Å². The van der Waals surface area contributed by atoms with E-state index in [4.69, 9.17) is 0 Å². The van der Waals surface area contributed by atoms with Crippen LogP contribution in [0.25, 0.3) is 15.9 Å². The number of hydrogen-bond acceptors (Lipinski definition) is 6. The zero-order valence-electron chi connectivity index (χ0n) is 16.1. The molecule has 3 heterocycles. The van der Waals surface area contributed by atoms with Crippen LogP contribution in [0.4, 0.5) is 0 Å². The number of benzene rings is 1. The number of amides is 1. The highest BCUT2D eigenvalue weighted by atomic mass is 32.1. The summed E-state index contributed by atoms with van der Waals surface area (Å²) < 4.78 is 3.18. The maximum atomic E-state index is 12.7. The molecule has 0 saturated carbocycles. The summed E-state index contributed by atoms with van der Waals surface area (Å²) in [5.41, 5.74) is 1.81. The second-order valence-corrected chi connectivity index (χ2v) is 7.64. The molecule has 8 nitrogen and oxygen atoms in total. The molecule has 0 saturated heterocycles. The molecular formula is C20H20N6O2S. The molecule has 0 radical (unpaired) electrons. The number of rotatable bonds is 6. The van der Waals surface area contributed by atoms with Crippen molar-refractivity contribution in [1.82, 2.24) is 29.2 Å². The minimum absolute atomic E-state index is 0.0323. The van der Waals surface area contributed by atoms with E-state index < -0.39 is 0 Å². The Morgan fingerprint density at radius 1 is 1.21 bits per heavy atom. The zero-order valence-corrected chi connectivity index (χ0v) is 16.9. The molecular weight excluding hydrogens is 388 g/mol. The number of fused-ring (bicyclic) bond motifs is 1. The fourth-order valence-corrected chi connectivity index (χ4v) is 3.86. The molecule has 0 aliphatic rings. The first-order valence-electron chi connectivity index (χ1n) is 9.18. The third-order valence-corrected chi connectivity index (χ3v) is 5.87. The number of aryl methyl sites for hydroxylation is 1.